The summed E-state index contributed by atoms with van der Waals surface area (Å²) in [5.41, 5.74) is 5.92. The number of phenolic OH excluding ortho intramolecular Hbond substituents is 1. The van der Waals surface area contributed by atoms with Crippen molar-refractivity contribution in [3.8, 4) is 17.2 Å². The Morgan fingerprint density at radius 1 is 1.50 bits per heavy atom. The van der Waals surface area contributed by atoms with Gasteiger partial charge in [-0.2, -0.15) is 0 Å². The zero-order chi connectivity index (χ0) is 13.3. The van der Waals surface area contributed by atoms with Gasteiger partial charge >= 0.3 is 5.97 Å². The van der Waals surface area contributed by atoms with Gasteiger partial charge in [-0.25, -0.2) is 0 Å². The van der Waals surface area contributed by atoms with Crippen LogP contribution in [0.3, 0.4) is 0 Å². The summed E-state index contributed by atoms with van der Waals surface area (Å²) in [5.74, 6) is -0.723. The Morgan fingerprint density at radius 3 is 2.83 bits per heavy atom. The van der Waals surface area contributed by atoms with E-state index in [0.29, 0.717) is 19.0 Å². The minimum atomic E-state index is -1.08. The molecule has 4 N–H and O–H groups in total. The lowest BCUT2D eigenvalue weighted by Crippen LogP contribution is -2.21. The third-order valence-corrected chi connectivity index (χ3v) is 2.85. The first-order valence-corrected chi connectivity index (χ1v) is 5.67. The lowest BCUT2D eigenvalue weighted by molar-refractivity contribution is -0.137. The van der Waals surface area contributed by atoms with Gasteiger partial charge in [0, 0.05) is 12.1 Å². The van der Waals surface area contributed by atoms with Crippen molar-refractivity contribution in [3.63, 3.8) is 0 Å². The van der Waals surface area contributed by atoms with E-state index in [1.165, 1.54) is 6.07 Å². The molecule has 1 heterocycles. The number of carboxylic acid groups (broad SMARTS) is 1. The molecular weight excluding hydrogens is 262 g/mol. The molecule has 6 nitrogen and oxygen atoms in total. The molecule has 0 amide bonds. The second kappa shape index (κ2) is 4.91. The van der Waals surface area contributed by atoms with Crippen molar-refractivity contribution in [2.24, 2.45) is 5.73 Å². The molecular formula is C11H12ClNO5. The van der Waals surface area contributed by atoms with Crippen LogP contribution in [-0.4, -0.2) is 29.4 Å². The zero-order valence-electron chi connectivity index (χ0n) is 9.35. The summed E-state index contributed by atoms with van der Waals surface area (Å²) in [6, 6.07) is 0.499. The quantitative estimate of drug-likeness (QED) is 0.767. The standard InChI is InChI=1S/C11H12ClNO5/c12-5-3-7-11(18-2-1-17-7)9(10(5)16)6(13)4-8(14)15/h3,6,16H,1-2,4,13H2,(H,14,15). The van der Waals surface area contributed by atoms with Crippen LogP contribution in [-0.2, 0) is 4.79 Å². The number of fused-ring (bicyclic) bond motifs is 1. The summed E-state index contributed by atoms with van der Waals surface area (Å²) in [4.78, 5) is 10.7. The molecule has 7 heteroatoms. The van der Waals surface area contributed by atoms with Crippen molar-refractivity contribution in [2.75, 3.05) is 13.2 Å². The molecule has 0 bridgehead atoms. The maximum atomic E-state index is 10.7. The van der Waals surface area contributed by atoms with Gasteiger partial charge in [-0.3, -0.25) is 4.79 Å². The van der Waals surface area contributed by atoms with Gasteiger partial charge in [-0.15, -0.1) is 0 Å². The SMILES string of the molecule is NC(CC(=O)O)c1c(O)c(Cl)cc2c1OCCO2. The molecule has 1 aliphatic heterocycles. The van der Waals surface area contributed by atoms with Crippen molar-refractivity contribution >= 4 is 17.6 Å². The van der Waals surface area contributed by atoms with Crippen LogP contribution in [0.25, 0.3) is 0 Å². The maximum absolute atomic E-state index is 10.7. The Labute approximate surface area is 108 Å². The summed E-state index contributed by atoms with van der Waals surface area (Å²) in [6.07, 6.45) is -0.344. The highest BCUT2D eigenvalue weighted by Crippen LogP contribution is 2.46. The van der Waals surface area contributed by atoms with Crippen molar-refractivity contribution < 1.29 is 24.5 Å². The molecule has 2 rings (SSSR count). The Balaban J connectivity index is 2.49. The topological polar surface area (TPSA) is 102 Å². The molecule has 1 atom stereocenters. The number of hydrogen-bond acceptors (Lipinski definition) is 5. The number of aliphatic carboxylic acids is 1. The van der Waals surface area contributed by atoms with Crippen LogP contribution in [0.2, 0.25) is 5.02 Å². The van der Waals surface area contributed by atoms with Gasteiger partial charge in [0.05, 0.1) is 17.0 Å². The monoisotopic (exact) mass is 273 g/mol. The molecule has 0 fully saturated rings. The number of halogens is 1. The van der Waals surface area contributed by atoms with Crippen LogP contribution in [0, 0.1) is 0 Å². The normalized spacial score (nSPS) is 15.2. The fourth-order valence-electron chi connectivity index (χ4n) is 1.80. The Hall–Kier alpha value is -1.66. The first-order chi connectivity index (χ1) is 8.50. The Kier molecular flexibility index (Phi) is 3.49. The van der Waals surface area contributed by atoms with Crippen LogP contribution < -0.4 is 15.2 Å². The fourth-order valence-corrected chi connectivity index (χ4v) is 2.00. The molecule has 0 saturated carbocycles. The lowest BCUT2D eigenvalue weighted by atomic mass is 10.0. The number of nitrogens with two attached hydrogens (primary N) is 1. The van der Waals surface area contributed by atoms with E-state index >= 15 is 0 Å². The number of carboxylic acids is 1. The Bertz CT molecular complexity index is 491. The number of aromatic hydroxyl groups is 1. The van der Waals surface area contributed by atoms with E-state index in [0.717, 1.165) is 0 Å². The average molecular weight is 274 g/mol. The number of benzene rings is 1. The van der Waals surface area contributed by atoms with Gasteiger partial charge in [0.2, 0.25) is 0 Å². The van der Waals surface area contributed by atoms with E-state index in [1.807, 2.05) is 0 Å². The molecule has 0 aromatic heterocycles. The second-order valence-electron chi connectivity index (χ2n) is 3.85. The number of ether oxygens (including phenoxy) is 2. The summed E-state index contributed by atoms with van der Waals surface area (Å²) < 4.78 is 10.7. The number of carbonyl (C=O) groups is 1. The van der Waals surface area contributed by atoms with Crippen LogP contribution in [0.4, 0.5) is 0 Å². The third kappa shape index (κ3) is 2.30. The van der Waals surface area contributed by atoms with E-state index in [4.69, 9.17) is 31.9 Å². The molecule has 1 aromatic carbocycles. The summed E-state index contributed by atoms with van der Waals surface area (Å²) in [7, 11) is 0. The highest BCUT2D eigenvalue weighted by atomic mass is 35.5. The molecule has 98 valence electrons. The molecule has 18 heavy (non-hydrogen) atoms. The Morgan fingerprint density at radius 2 is 2.17 bits per heavy atom. The highest BCUT2D eigenvalue weighted by Gasteiger charge is 2.27. The molecule has 1 unspecified atom stereocenters. The molecule has 0 aliphatic carbocycles. The van der Waals surface area contributed by atoms with Crippen LogP contribution in [0.1, 0.15) is 18.0 Å². The van der Waals surface area contributed by atoms with Crippen molar-refractivity contribution in [1.82, 2.24) is 0 Å². The average Bonchev–Trinajstić information content (AvgIpc) is 2.29. The van der Waals surface area contributed by atoms with Crippen LogP contribution >= 0.6 is 11.6 Å². The minimum absolute atomic E-state index is 0.0510. The number of hydrogen-bond donors (Lipinski definition) is 3. The third-order valence-electron chi connectivity index (χ3n) is 2.56. The van der Waals surface area contributed by atoms with E-state index in [1.54, 1.807) is 0 Å². The summed E-state index contributed by atoms with van der Waals surface area (Å²) in [5, 5.41) is 18.7. The first-order valence-electron chi connectivity index (χ1n) is 5.29. The van der Waals surface area contributed by atoms with Crippen molar-refractivity contribution in [2.45, 2.75) is 12.5 Å². The smallest absolute Gasteiger partial charge is 0.305 e. The van der Waals surface area contributed by atoms with Crippen LogP contribution in [0.15, 0.2) is 6.07 Å². The predicted molar refractivity (Wildman–Crippen MR) is 63.3 cm³/mol. The lowest BCUT2D eigenvalue weighted by Gasteiger charge is -2.24. The van der Waals surface area contributed by atoms with Crippen molar-refractivity contribution in [3.05, 3.63) is 16.7 Å². The van der Waals surface area contributed by atoms with Gasteiger partial charge in [0.1, 0.15) is 19.0 Å². The van der Waals surface area contributed by atoms with Gasteiger partial charge in [0.25, 0.3) is 0 Å². The molecule has 0 radical (unpaired) electrons. The van der Waals surface area contributed by atoms with E-state index in [-0.39, 0.29) is 28.5 Å². The van der Waals surface area contributed by atoms with E-state index in [2.05, 4.69) is 0 Å². The maximum Gasteiger partial charge on any atom is 0.305 e. The number of phenols is 1. The van der Waals surface area contributed by atoms with E-state index in [9.17, 15) is 9.90 Å². The zero-order valence-corrected chi connectivity index (χ0v) is 10.1. The second-order valence-corrected chi connectivity index (χ2v) is 4.26. The summed E-state index contributed by atoms with van der Waals surface area (Å²) >= 11 is 5.84. The van der Waals surface area contributed by atoms with Gasteiger partial charge in [-0.05, 0) is 0 Å². The number of rotatable bonds is 3. The van der Waals surface area contributed by atoms with E-state index < -0.39 is 12.0 Å². The minimum Gasteiger partial charge on any atom is -0.506 e. The predicted octanol–water partition coefficient (Wildman–Crippen LogP) is 1.29. The van der Waals surface area contributed by atoms with Crippen molar-refractivity contribution in [1.29, 1.82) is 0 Å². The largest absolute Gasteiger partial charge is 0.506 e. The fraction of sp³-hybridized carbons (Fsp3) is 0.364. The summed E-state index contributed by atoms with van der Waals surface area (Å²) in [6.45, 7) is 0.669. The first kappa shape index (κ1) is 12.8. The molecule has 0 saturated heterocycles. The highest BCUT2D eigenvalue weighted by molar-refractivity contribution is 6.32. The van der Waals surface area contributed by atoms with Crippen LogP contribution in [0.5, 0.6) is 17.2 Å². The van der Waals surface area contributed by atoms with Gasteiger partial charge < -0.3 is 25.4 Å². The molecule has 1 aromatic rings. The molecule has 1 aliphatic rings. The van der Waals surface area contributed by atoms with Gasteiger partial charge in [0.15, 0.2) is 11.5 Å². The molecule has 0 spiro atoms. The van der Waals surface area contributed by atoms with Gasteiger partial charge in [-0.1, -0.05) is 11.6 Å².